The van der Waals surface area contributed by atoms with E-state index in [2.05, 4.69) is 45.0 Å². The van der Waals surface area contributed by atoms with Gasteiger partial charge in [-0.2, -0.15) is 12.1 Å². The van der Waals surface area contributed by atoms with Crippen LogP contribution >= 0.6 is 0 Å². The summed E-state index contributed by atoms with van der Waals surface area (Å²) >= 11 is 0. The van der Waals surface area contributed by atoms with Crippen molar-refractivity contribution in [3.63, 3.8) is 0 Å². The Morgan fingerprint density at radius 1 is 1.38 bits per heavy atom. The van der Waals surface area contributed by atoms with Gasteiger partial charge >= 0.3 is 18.9 Å². The molecule has 0 unspecified atom stereocenters. The van der Waals surface area contributed by atoms with Crippen LogP contribution < -0.4 is 18.9 Å². The predicted molar refractivity (Wildman–Crippen MR) is 65.1 cm³/mol. The molecule has 0 aromatic carbocycles. The van der Waals surface area contributed by atoms with Crippen molar-refractivity contribution in [2.75, 3.05) is 0 Å². The molecule has 4 heteroatoms. The fourth-order valence-electron chi connectivity index (χ4n) is 0.911. The summed E-state index contributed by atoms with van der Waals surface area (Å²) in [5.74, 6) is 0. The average Bonchev–Trinajstić information content (AvgIpc) is 2.15. The van der Waals surface area contributed by atoms with Gasteiger partial charge in [0.05, 0.1) is 0 Å². The standard InChI is InChI=1S/C12H20NOSi.Li/c1-12(2,3)15(4,5)14-10-11-8-6-7-9-13-11;/h6-8H,10H2,1-5H3;/q-1;+1. The number of rotatable bonds is 3. The minimum Gasteiger partial charge on any atom is -0.423 e. The molecule has 0 aliphatic carbocycles. The first-order chi connectivity index (χ1) is 6.83. The molecule has 1 heterocycles. The first-order valence-corrected chi connectivity index (χ1v) is 8.20. The van der Waals surface area contributed by atoms with Crippen LogP contribution in [0.3, 0.4) is 0 Å². The van der Waals surface area contributed by atoms with E-state index in [4.69, 9.17) is 4.43 Å². The maximum Gasteiger partial charge on any atom is 1.00 e. The van der Waals surface area contributed by atoms with Gasteiger partial charge in [0.1, 0.15) is 0 Å². The zero-order valence-corrected chi connectivity index (χ0v) is 12.3. The molecule has 2 nitrogen and oxygen atoms in total. The van der Waals surface area contributed by atoms with Gasteiger partial charge in [-0.25, -0.2) is 0 Å². The number of nitrogens with zero attached hydrogens (tertiary/aromatic N) is 1. The monoisotopic (exact) mass is 229 g/mol. The molecule has 1 aromatic heterocycles. The van der Waals surface area contributed by atoms with Crippen molar-refractivity contribution in [3.8, 4) is 0 Å². The Balaban J connectivity index is 0.00000225. The third-order valence-corrected chi connectivity index (χ3v) is 7.53. The van der Waals surface area contributed by atoms with Gasteiger partial charge in [-0.3, -0.25) is 0 Å². The average molecular weight is 229 g/mol. The number of pyridine rings is 1. The molecule has 0 radical (unpaired) electrons. The third-order valence-electron chi connectivity index (χ3n) is 3.05. The molecular formula is C12H20LiNOSi. The summed E-state index contributed by atoms with van der Waals surface area (Å²) in [5, 5.41) is 0.255. The Hall–Kier alpha value is -0.0757. The van der Waals surface area contributed by atoms with E-state index in [-0.39, 0.29) is 23.9 Å². The van der Waals surface area contributed by atoms with E-state index in [1.54, 1.807) is 6.07 Å². The van der Waals surface area contributed by atoms with Gasteiger partial charge in [-0.15, -0.1) is 6.07 Å². The second-order valence-corrected chi connectivity index (χ2v) is 10.1. The van der Waals surface area contributed by atoms with Crippen molar-refractivity contribution in [1.29, 1.82) is 0 Å². The second kappa shape index (κ2) is 6.02. The Morgan fingerprint density at radius 2 is 2.00 bits per heavy atom. The number of aromatic nitrogens is 1. The van der Waals surface area contributed by atoms with E-state index < -0.39 is 8.32 Å². The summed E-state index contributed by atoms with van der Waals surface area (Å²) in [6.45, 7) is 11.8. The first-order valence-electron chi connectivity index (χ1n) is 5.29. The van der Waals surface area contributed by atoms with Crippen LogP contribution in [0.2, 0.25) is 18.1 Å². The van der Waals surface area contributed by atoms with Crippen LogP contribution in [0.15, 0.2) is 18.2 Å². The fraction of sp³-hybridized carbons (Fsp3) is 0.583. The summed E-state index contributed by atoms with van der Waals surface area (Å²) in [6, 6.07) is 5.72. The number of hydrogen-bond acceptors (Lipinski definition) is 2. The molecule has 1 rings (SSSR count). The summed E-state index contributed by atoms with van der Waals surface area (Å²) in [4.78, 5) is 4.14. The maximum absolute atomic E-state index is 6.04. The summed E-state index contributed by atoms with van der Waals surface area (Å²) in [7, 11) is -1.64. The SMILES string of the molecule is CC(C)(C)[Si](C)(C)OCc1ccc[c-]n1.[Li+]. The third kappa shape index (κ3) is 4.43. The Morgan fingerprint density at radius 3 is 2.44 bits per heavy atom. The molecule has 0 aliphatic rings. The van der Waals surface area contributed by atoms with Crippen LogP contribution in [0.1, 0.15) is 26.5 Å². The fourth-order valence-corrected chi connectivity index (χ4v) is 1.85. The zero-order chi connectivity index (χ0) is 11.5. The van der Waals surface area contributed by atoms with E-state index >= 15 is 0 Å². The largest absolute Gasteiger partial charge is 1.00 e. The smallest absolute Gasteiger partial charge is 0.423 e. The van der Waals surface area contributed by atoms with Crippen LogP contribution in [0, 0.1) is 6.20 Å². The van der Waals surface area contributed by atoms with Gasteiger partial charge in [0.25, 0.3) is 0 Å². The Labute approximate surface area is 112 Å². The van der Waals surface area contributed by atoms with Gasteiger partial charge in [0.2, 0.25) is 0 Å². The minimum atomic E-state index is -1.64. The van der Waals surface area contributed by atoms with Gasteiger partial charge < -0.3 is 9.41 Å². The molecule has 0 bridgehead atoms. The van der Waals surface area contributed by atoms with Crippen molar-refractivity contribution in [1.82, 2.24) is 4.98 Å². The van der Waals surface area contributed by atoms with E-state index in [9.17, 15) is 0 Å². The topological polar surface area (TPSA) is 22.1 Å². The molecule has 0 atom stereocenters. The molecule has 0 saturated heterocycles. The van der Waals surface area contributed by atoms with Gasteiger partial charge in [0.15, 0.2) is 8.32 Å². The van der Waals surface area contributed by atoms with Crippen LogP contribution in [-0.4, -0.2) is 13.3 Å². The minimum absolute atomic E-state index is 0. The molecule has 0 fully saturated rings. The Bertz CT molecular complexity index is 309. The quantitative estimate of drug-likeness (QED) is 0.553. The maximum atomic E-state index is 6.04. The molecule has 0 amide bonds. The van der Waals surface area contributed by atoms with Crippen LogP contribution in [0.4, 0.5) is 0 Å². The molecule has 0 N–H and O–H groups in total. The molecule has 1 aromatic rings. The second-order valence-electron chi connectivity index (χ2n) is 5.31. The predicted octanol–water partition coefficient (Wildman–Crippen LogP) is 0.408. The van der Waals surface area contributed by atoms with Gasteiger partial charge in [-0.1, -0.05) is 27.0 Å². The molecule has 84 valence electrons. The van der Waals surface area contributed by atoms with E-state index in [0.29, 0.717) is 6.61 Å². The summed E-state index contributed by atoms with van der Waals surface area (Å²) in [6.07, 6.45) is 2.82. The summed E-state index contributed by atoms with van der Waals surface area (Å²) < 4.78 is 6.04. The van der Waals surface area contributed by atoms with Gasteiger partial charge in [0, 0.05) is 6.61 Å². The van der Waals surface area contributed by atoms with E-state index in [1.807, 2.05) is 12.1 Å². The van der Waals surface area contributed by atoms with Crippen molar-refractivity contribution >= 4 is 8.32 Å². The van der Waals surface area contributed by atoms with E-state index in [0.717, 1.165) is 5.69 Å². The molecular weight excluding hydrogens is 209 g/mol. The Kier molecular flexibility index (Phi) is 5.99. The van der Waals surface area contributed by atoms with Crippen LogP contribution in [0.5, 0.6) is 0 Å². The first kappa shape index (κ1) is 15.9. The van der Waals surface area contributed by atoms with Crippen molar-refractivity contribution < 1.29 is 23.3 Å². The molecule has 0 saturated carbocycles. The van der Waals surface area contributed by atoms with Gasteiger partial charge in [-0.05, 0) is 23.8 Å². The molecule has 0 spiro atoms. The molecule has 0 aliphatic heterocycles. The van der Waals surface area contributed by atoms with Crippen molar-refractivity contribution in [2.45, 2.75) is 45.5 Å². The van der Waals surface area contributed by atoms with E-state index in [1.165, 1.54) is 0 Å². The van der Waals surface area contributed by atoms with Crippen molar-refractivity contribution in [2.24, 2.45) is 0 Å². The van der Waals surface area contributed by atoms with Crippen LogP contribution in [-0.2, 0) is 11.0 Å². The molecule has 16 heavy (non-hydrogen) atoms. The number of hydrogen-bond donors (Lipinski definition) is 0. The van der Waals surface area contributed by atoms with Crippen molar-refractivity contribution in [3.05, 3.63) is 30.1 Å². The summed E-state index contributed by atoms with van der Waals surface area (Å²) in [5.41, 5.74) is 0.960. The zero-order valence-electron chi connectivity index (χ0n) is 11.3. The normalized spacial score (nSPS) is 12.1. The van der Waals surface area contributed by atoms with Crippen LogP contribution in [0.25, 0.3) is 0 Å².